The molecule has 2 aromatic rings. The molecular formula is C24H36N4O3. The molecule has 7 nitrogen and oxygen atoms in total. The van der Waals surface area contributed by atoms with Crippen LogP contribution >= 0.6 is 0 Å². The zero-order valence-corrected chi connectivity index (χ0v) is 19.6. The van der Waals surface area contributed by atoms with Crippen LogP contribution in [0.4, 0.5) is 10.5 Å². The van der Waals surface area contributed by atoms with E-state index in [9.17, 15) is 9.59 Å². The third-order valence-corrected chi connectivity index (χ3v) is 4.88. The van der Waals surface area contributed by atoms with Crippen molar-refractivity contribution in [1.82, 2.24) is 14.4 Å². The normalized spacial score (nSPS) is 11.0. The smallest absolute Gasteiger partial charge is 0.322 e. The number of aryl methyl sites for hydroxylation is 1. The molecular weight excluding hydrogens is 392 g/mol. The molecule has 0 bridgehead atoms. The molecule has 0 unspecified atom stereocenters. The number of anilines is 1. The first kappa shape index (κ1) is 24.3. The summed E-state index contributed by atoms with van der Waals surface area (Å²) in [6, 6.07) is 10.9. The Labute approximate surface area is 186 Å². The molecule has 3 amide bonds. The molecule has 0 aliphatic carbocycles. The van der Waals surface area contributed by atoms with Crippen molar-refractivity contribution in [1.29, 1.82) is 0 Å². The quantitative estimate of drug-likeness (QED) is 0.616. The van der Waals surface area contributed by atoms with Gasteiger partial charge in [-0.15, -0.1) is 0 Å². The second kappa shape index (κ2) is 11.4. The molecule has 1 aromatic carbocycles. The van der Waals surface area contributed by atoms with Crippen molar-refractivity contribution in [3.8, 4) is 5.75 Å². The van der Waals surface area contributed by atoms with Crippen LogP contribution in [0.25, 0.3) is 0 Å². The van der Waals surface area contributed by atoms with Crippen molar-refractivity contribution in [2.24, 2.45) is 18.9 Å². The molecule has 31 heavy (non-hydrogen) atoms. The first-order valence-corrected chi connectivity index (χ1v) is 10.8. The molecule has 1 N–H and O–H groups in total. The van der Waals surface area contributed by atoms with E-state index in [1.807, 2.05) is 48.7 Å². The van der Waals surface area contributed by atoms with Crippen molar-refractivity contribution in [3.63, 3.8) is 0 Å². The van der Waals surface area contributed by atoms with Gasteiger partial charge in [0.05, 0.1) is 13.7 Å². The maximum Gasteiger partial charge on any atom is 0.322 e. The summed E-state index contributed by atoms with van der Waals surface area (Å²) in [6.07, 6.45) is 1.97. The molecule has 7 heteroatoms. The van der Waals surface area contributed by atoms with E-state index in [4.69, 9.17) is 4.74 Å². The molecule has 0 atom stereocenters. The summed E-state index contributed by atoms with van der Waals surface area (Å²) >= 11 is 0. The van der Waals surface area contributed by atoms with Crippen molar-refractivity contribution in [3.05, 3.63) is 48.3 Å². The highest BCUT2D eigenvalue weighted by Crippen LogP contribution is 2.16. The van der Waals surface area contributed by atoms with Crippen LogP contribution in [0.2, 0.25) is 0 Å². The first-order valence-electron chi connectivity index (χ1n) is 10.8. The molecule has 0 aliphatic rings. The van der Waals surface area contributed by atoms with E-state index in [0.717, 1.165) is 11.4 Å². The van der Waals surface area contributed by atoms with Crippen LogP contribution in [0.15, 0.2) is 42.6 Å². The van der Waals surface area contributed by atoms with Crippen molar-refractivity contribution in [2.75, 3.05) is 32.1 Å². The molecule has 2 rings (SSSR count). The summed E-state index contributed by atoms with van der Waals surface area (Å²) in [6.45, 7) is 9.95. The molecule has 0 saturated carbocycles. The number of methoxy groups -OCH3 is 1. The van der Waals surface area contributed by atoms with E-state index in [-0.39, 0.29) is 24.4 Å². The highest BCUT2D eigenvalue weighted by Gasteiger charge is 2.23. The highest BCUT2D eigenvalue weighted by atomic mass is 16.5. The molecule has 1 heterocycles. The van der Waals surface area contributed by atoms with Crippen LogP contribution in [-0.4, -0.2) is 53.0 Å². The highest BCUT2D eigenvalue weighted by molar-refractivity contribution is 5.92. The van der Waals surface area contributed by atoms with E-state index in [1.165, 1.54) is 0 Å². The molecule has 0 spiro atoms. The van der Waals surface area contributed by atoms with Gasteiger partial charge in [0.15, 0.2) is 0 Å². The number of amides is 3. The Morgan fingerprint density at radius 2 is 1.61 bits per heavy atom. The number of benzene rings is 1. The summed E-state index contributed by atoms with van der Waals surface area (Å²) in [4.78, 5) is 29.6. The van der Waals surface area contributed by atoms with Gasteiger partial charge in [-0.05, 0) is 48.2 Å². The Hall–Kier alpha value is -2.96. The van der Waals surface area contributed by atoms with E-state index < -0.39 is 0 Å². The average Bonchev–Trinajstić information content (AvgIpc) is 3.11. The minimum Gasteiger partial charge on any atom is -0.497 e. The molecule has 1 aromatic heterocycles. The minimum atomic E-state index is -0.282. The summed E-state index contributed by atoms with van der Waals surface area (Å²) < 4.78 is 7.18. The summed E-state index contributed by atoms with van der Waals surface area (Å²) in [5, 5.41) is 2.90. The van der Waals surface area contributed by atoms with Crippen molar-refractivity contribution < 1.29 is 14.3 Å². The van der Waals surface area contributed by atoms with Crippen molar-refractivity contribution in [2.45, 2.75) is 34.2 Å². The second-order valence-corrected chi connectivity index (χ2v) is 8.71. The average molecular weight is 429 g/mol. The van der Waals surface area contributed by atoms with Crippen LogP contribution in [-0.2, 0) is 18.4 Å². The van der Waals surface area contributed by atoms with Gasteiger partial charge in [-0.25, -0.2) is 4.79 Å². The third kappa shape index (κ3) is 7.66. The van der Waals surface area contributed by atoms with E-state index in [0.29, 0.717) is 31.2 Å². The predicted octanol–water partition coefficient (Wildman–Crippen LogP) is 4.21. The van der Waals surface area contributed by atoms with E-state index in [2.05, 4.69) is 19.2 Å². The Morgan fingerprint density at radius 3 is 2.13 bits per heavy atom. The fourth-order valence-corrected chi connectivity index (χ4v) is 3.35. The van der Waals surface area contributed by atoms with Gasteiger partial charge in [0.25, 0.3) is 0 Å². The van der Waals surface area contributed by atoms with Crippen LogP contribution in [0.3, 0.4) is 0 Å². The molecule has 0 fully saturated rings. The number of urea groups is 1. The predicted molar refractivity (Wildman–Crippen MR) is 124 cm³/mol. The lowest BCUT2D eigenvalue weighted by Crippen LogP contribution is -2.46. The topological polar surface area (TPSA) is 66.8 Å². The maximum atomic E-state index is 13.2. The number of carbonyl (C=O) groups is 2. The van der Waals surface area contributed by atoms with Gasteiger partial charge < -0.3 is 24.4 Å². The van der Waals surface area contributed by atoms with Gasteiger partial charge >= 0.3 is 6.03 Å². The Balaban J connectivity index is 2.12. The lowest BCUT2D eigenvalue weighted by molar-refractivity contribution is -0.133. The lowest BCUT2D eigenvalue weighted by atomic mass is 10.2. The number of hydrogen-bond acceptors (Lipinski definition) is 3. The number of nitrogens with one attached hydrogen (secondary N) is 1. The van der Waals surface area contributed by atoms with Gasteiger partial charge in [-0.2, -0.15) is 0 Å². The summed E-state index contributed by atoms with van der Waals surface area (Å²) in [5.41, 5.74) is 1.72. The van der Waals surface area contributed by atoms with Gasteiger partial charge in [0.2, 0.25) is 5.91 Å². The fourth-order valence-electron chi connectivity index (χ4n) is 3.35. The fraction of sp³-hybridized carbons (Fsp3) is 0.500. The van der Waals surface area contributed by atoms with Crippen LogP contribution in [0.5, 0.6) is 5.75 Å². The monoisotopic (exact) mass is 428 g/mol. The van der Waals surface area contributed by atoms with E-state index in [1.54, 1.807) is 36.3 Å². The first-order chi connectivity index (χ1) is 14.7. The second-order valence-electron chi connectivity index (χ2n) is 8.71. The number of rotatable bonds is 10. The van der Waals surface area contributed by atoms with Gasteiger partial charge in [0, 0.05) is 37.7 Å². The SMILES string of the molecule is COc1ccc(NC(=O)N(CC(=O)N(Cc2cccn2C)CC(C)C)CC(C)C)cc1. The Bertz CT molecular complexity index is 843. The molecule has 0 radical (unpaired) electrons. The van der Waals surface area contributed by atoms with Gasteiger partial charge in [-0.1, -0.05) is 27.7 Å². The minimum absolute atomic E-state index is 0.0390. The van der Waals surface area contributed by atoms with Crippen LogP contribution in [0.1, 0.15) is 33.4 Å². The standard InChI is InChI=1S/C24H36N4O3/c1-18(2)14-27(16-21-8-7-13-26(21)5)23(29)17-28(15-19(3)4)24(30)25-20-9-11-22(31-6)12-10-20/h7-13,18-19H,14-17H2,1-6H3,(H,25,30). The summed E-state index contributed by atoms with van der Waals surface area (Å²) in [5.74, 6) is 1.23. The number of hydrogen-bond donors (Lipinski definition) is 1. The van der Waals surface area contributed by atoms with E-state index >= 15 is 0 Å². The van der Waals surface area contributed by atoms with Gasteiger partial charge in [0.1, 0.15) is 12.3 Å². The number of carbonyl (C=O) groups excluding carboxylic acids is 2. The van der Waals surface area contributed by atoms with Crippen molar-refractivity contribution >= 4 is 17.6 Å². The Kier molecular flexibility index (Phi) is 8.97. The largest absolute Gasteiger partial charge is 0.497 e. The third-order valence-electron chi connectivity index (χ3n) is 4.88. The lowest BCUT2D eigenvalue weighted by Gasteiger charge is -2.30. The summed E-state index contributed by atoms with van der Waals surface area (Å²) in [7, 11) is 3.57. The number of nitrogens with zero attached hydrogens (tertiary/aromatic N) is 3. The zero-order valence-electron chi connectivity index (χ0n) is 19.6. The van der Waals surface area contributed by atoms with Crippen LogP contribution in [0, 0.1) is 11.8 Å². The zero-order chi connectivity index (χ0) is 23.0. The van der Waals surface area contributed by atoms with Gasteiger partial charge in [-0.3, -0.25) is 4.79 Å². The number of aromatic nitrogens is 1. The maximum absolute atomic E-state index is 13.2. The molecule has 0 saturated heterocycles. The molecule has 0 aliphatic heterocycles. The Morgan fingerprint density at radius 1 is 1.00 bits per heavy atom. The molecule has 170 valence electrons. The van der Waals surface area contributed by atoms with Crippen LogP contribution < -0.4 is 10.1 Å². The number of ether oxygens (including phenoxy) is 1.